The number of carbonyl (C=O) groups excluding carboxylic acids is 1. The Hall–Kier alpha value is -2.42. The van der Waals surface area contributed by atoms with E-state index in [0.29, 0.717) is 24.4 Å². The van der Waals surface area contributed by atoms with Crippen LogP contribution in [0.5, 0.6) is 5.75 Å². The SMILES string of the molecule is COc1cccc(NCC(=O)c2cccc(S(=O)(=O)N3CC(C)OC(C)C3)c2)c1. The Balaban J connectivity index is 1.73. The molecular formula is C21H26N2O5S. The van der Waals surface area contributed by atoms with E-state index in [4.69, 9.17) is 9.47 Å². The predicted molar refractivity (Wildman–Crippen MR) is 111 cm³/mol. The highest BCUT2D eigenvalue weighted by Crippen LogP contribution is 2.22. The van der Waals surface area contributed by atoms with Crippen LogP contribution in [-0.2, 0) is 14.8 Å². The van der Waals surface area contributed by atoms with Gasteiger partial charge in [-0.3, -0.25) is 4.79 Å². The van der Waals surface area contributed by atoms with Gasteiger partial charge in [0.1, 0.15) is 5.75 Å². The molecule has 1 aliphatic rings. The Morgan fingerprint density at radius 3 is 2.52 bits per heavy atom. The number of ketones is 1. The predicted octanol–water partition coefficient (Wildman–Crippen LogP) is 2.79. The highest BCUT2D eigenvalue weighted by Gasteiger charge is 2.32. The van der Waals surface area contributed by atoms with Crippen LogP contribution in [0, 0.1) is 0 Å². The van der Waals surface area contributed by atoms with Gasteiger partial charge in [0, 0.05) is 30.4 Å². The zero-order chi connectivity index (χ0) is 21.0. The van der Waals surface area contributed by atoms with Crippen molar-refractivity contribution in [2.24, 2.45) is 0 Å². The van der Waals surface area contributed by atoms with Gasteiger partial charge in [0.05, 0.1) is 30.8 Å². The average Bonchev–Trinajstić information content (AvgIpc) is 2.71. The topological polar surface area (TPSA) is 84.9 Å². The standard InChI is InChI=1S/C21H26N2O5S/c1-15-13-23(14-16(2)28-15)29(25,26)20-9-4-6-17(10-20)21(24)12-22-18-7-5-8-19(11-18)27-3/h4-11,15-16,22H,12-14H2,1-3H3. The van der Waals surface area contributed by atoms with E-state index in [0.717, 1.165) is 5.69 Å². The Bertz CT molecular complexity index is 967. The number of carbonyl (C=O) groups is 1. The summed E-state index contributed by atoms with van der Waals surface area (Å²) in [5.74, 6) is 0.484. The third-order valence-corrected chi connectivity index (χ3v) is 6.53. The molecule has 1 heterocycles. The molecule has 1 fully saturated rings. The summed E-state index contributed by atoms with van der Waals surface area (Å²) in [5, 5.41) is 3.04. The normalized spacial score (nSPS) is 20.2. The van der Waals surface area contributed by atoms with Crippen LogP contribution in [0.1, 0.15) is 24.2 Å². The summed E-state index contributed by atoms with van der Waals surface area (Å²) in [6.07, 6.45) is -0.351. The second-order valence-corrected chi connectivity index (χ2v) is 9.05. The number of anilines is 1. The number of methoxy groups -OCH3 is 1. The van der Waals surface area contributed by atoms with E-state index in [9.17, 15) is 13.2 Å². The lowest BCUT2D eigenvalue weighted by Gasteiger charge is -2.34. The van der Waals surface area contributed by atoms with Crippen LogP contribution in [0.2, 0.25) is 0 Å². The van der Waals surface area contributed by atoms with Gasteiger partial charge in [-0.1, -0.05) is 18.2 Å². The van der Waals surface area contributed by atoms with E-state index in [-0.39, 0.29) is 29.4 Å². The van der Waals surface area contributed by atoms with E-state index in [1.807, 2.05) is 32.0 Å². The third kappa shape index (κ3) is 5.14. The van der Waals surface area contributed by atoms with E-state index in [2.05, 4.69) is 5.32 Å². The average molecular weight is 419 g/mol. The molecule has 0 aliphatic carbocycles. The first-order valence-electron chi connectivity index (χ1n) is 9.46. The van der Waals surface area contributed by atoms with Gasteiger partial charge in [-0.15, -0.1) is 0 Å². The minimum absolute atomic E-state index is 0.0439. The Morgan fingerprint density at radius 1 is 1.14 bits per heavy atom. The number of hydrogen-bond donors (Lipinski definition) is 1. The van der Waals surface area contributed by atoms with Gasteiger partial charge in [-0.05, 0) is 38.1 Å². The molecule has 2 atom stereocenters. The second-order valence-electron chi connectivity index (χ2n) is 7.12. The number of rotatable bonds is 7. The maximum atomic E-state index is 13.0. The maximum absolute atomic E-state index is 13.0. The van der Waals surface area contributed by atoms with Crippen molar-refractivity contribution in [2.45, 2.75) is 31.0 Å². The van der Waals surface area contributed by atoms with Gasteiger partial charge in [-0.2, -0.15) is 4.31 Å². The van der Waals surface area contributed by atoms with Crippen LogP contribution >= 0.6 is 0 Å². The van der Waals surface area contributed by atoms with Gasteiger partial charge < -0.3 is 14.8 Å². The molecule has 0 bridgehead atoms. The van der Waals surface area contributed by atoms with E-state index < -0.39 is 10.0 Å². The van der Waals surface area contributed by atoms with Gasteiger partial charge >= 0.3 is 0 Å². The number of benzene rings is 2. The number of ether oxygens (including phenoxy) is 2. The molecule has 2 unspecified atom stereocenters. The summed E-state index contributed by atoms with van der Waals surface area (Å²) in [6, 6.07) is 13.4. The van der Waals surface area contributed by atoms with E-state index >= 15 is 0 Å². The fourth-order valence-electron chi connectivity index (χ4n) is 3.32. The number of Topliss-reactive ketones (excluding diaryl/α,β-unsaturated/α-hetero) is 1. The van der Waals surface area contributed by atoms with Gasteiger partial charge in [0.2, 0.25) is 10.0 Å². The first-order valence-corrected chi connectivity index (χ1v) is 10.9. The molecule has 7 nitrogen and oxygen atoms in total. The van der Waals surface area contributed by atoms with Crippen molar-refractivity contribution in [3.8, 4) is 5.75 Å². The molecule has 0 radical (unpaired) electrons. The highest BCUT2D eigenvalue weighted by atomic mass is 32.2. The summed E-state index contributed by atoms with van der Waals surface area (Å²) in [6.45, 7) is 4.33. The van der Waals surface area contributed by atoms with Crippen molar-refractivity contribution in [3.05, 3.63) is 54.1 Å². The molecule has 3 rings (SSSR count). The van der Waals surface area contributed by atoms with Crippen molar-refractivity contribution >= 4 is 21.5 Å². The summed E-state index contributed by atoms with van der Waals surface area (Å²) >= 11 is 0. The first-order chi connectivity index (χ1) is 13.8. The van der Waals surface area contributed by atoms with Crippen molar-refractivity contribution in [1.82, 2.24) is 4.31 Å². The van der Waals surface area contributed by atoms with Crippen molar-refractivity contribution < 1.29 is 22.7 Å². The molecule has 0 spiro atoms. The van der Waals surface area contributed by atoms with E-state index in [1.165, 1.54) is 16.4 Å². The van der Waals surface area contributed by atoms with Crippen LogP contribution in [0.4, 0.5) is 5.69 Å². The number of nitrogens with zero attached hydrogens (tertiary/aromatic N) is 1. The molecule has 0 aromatic heterocycles. The number of sulfonamides is 1. The molecule has 1 saturated heterocycles. The summed E-state index contributed by atoms with van der Waals surface area (Å²) in [4.78, 5) is 12.7. The molecule has 2 aromatic carbocycles. The fourth-order valence-corrected chi connectivity index (χ4v) is 4.96. The highest BCUT2D eigenvalue weighted by molar-refractivity contribution is 7.89. The van der Waals surface area contributed by atoms with Gasteiger partial charge in [0.25, 0.3) is 0 Å². The summed E-state index contributed by atoms with van der Waals surface area (Å²) in [7, 11) is -2.12. The molecule has 8 heteroatoms. The summed E-state index contributed by atoms with van der Waals surface area (Å²) in [5.41, 5.74) is 1.09. The lowest BCUT2D eigenvalue weighted by molar-refractivity contribution is -0.0440. The quantitative estimate of drug-likeness (QED) is 0.696. The van der Waals surface area contributed by atoms with Crippen LogP contribution in [0.3, 0.4) is 0 Å². The zero-order valence-electron chi connectivity index (χ0n) is 16.8. The monoisotopic (exact) mass is 418 g/mol. The fraction of sp³-hybridized carbons (Fsp3) is 0.381. The van der Waals surface area contributed by atoms with Crippen LogP contribution in [0.25, 0.3) is 0 Å². The summed E-state index contributed by atoms with van der Waals surface area (Å²) < 4.78 is 38.3. The molecule has 1 aliphatic heterocycles. The molecule has 0 saturated carbocycles. The minimum Gasteiger partial charge on any atom is -0.497 e. The van der Waals surface area contributed by atoms with Crippen molar-refractivity contribution in [2.75, 3.05) is 32.1 Å². The van der Waals surface area contributed by atoms with E-state index in [1.54, 1.807) is 25.3 Å². The number of hydrogen-bond acceptors (Lipinski definition) is 6. The lowest BCUT2D eigenvalue weighted by atomic mass is 10.1. The number of morpholine rings is 1. The molecule has 156 valence electrons. The Kier molecular flexibility index (Phi) is 6.56. The third-order valence-electron chi connectivity index (χ3n) is 4.70. The van der Waals surface area contributed by atoms with Crippen molar-refractivity contribution in [3.63, 3.8) is 0 Å². The lowest BCUT2D eigenvalue weighted by Crippen LogP contribution is -2.48. The first kappa shape index (κ1) is 21.3. The van der Waals surface area contributed by atoms with Gasteiger partial charge in [-0.25, -0.2) is 8.42 Å². The molecule has 0 amide bonds. The van der Waals surface area contributed by atoms with Crippen LogP contribution < -0.4 is 10.1 Å². The van der Waals surface area contributed by atoms with Crippen LogP contribution in [0.15, 0.2) is 53.4 Å². The molecular weight excluding hydrogens is 392 g/mol. The maximum Gasteiger partial charge on any atom is 0.243 e. The number of nitrogens with one attached hydrogen (secondary N) is 1. The second kappa shape index (κ2) is 8.94. The van der Waals surface area contributed by atoms with Crippen molar-refractivity contribution in [1.29, 1.82) is 0 Å². The Labute approximate surface area is 171 Å². The smallest absolute Gasteiger partial charge is 0.243 e. The zero-order valence-corrected chi connectivity index (χ0v) is 17.6. The van der Waals surface area contributed by atoms with Crippen LogP contribution in [-0.4, -0.2) is 57.5 Å². The molecule has 1 N–H and O–H groups in total. The van der Waals surface area contributed by atoms with Gasteiger partial charge in [0.15, 0.2) is 5.78 Å². The molecule has 2 aromatic rings. The Morgan fingerprint density at radius 2 is 1.83 bits per heavy atom. The minimum atomic E-state index is -3.70. The molecule has 29 heavy (non-hydrogen) atoms. The largest absolute Gasteiger partial charge is 0.497 e.